The van der Waals surface area contributed by atoms with Crippen LogP contribution in [0.3, 0.4) is 0 Å². The van der Waals surface area contributed by atoms with Gasteiger partial charge in [-0.1, -0.05) is 12.8 Å². The van der Waals surface area contributed by atoms with Crippen molar-refractivity contribution in [1.82, 2.24) is 4.90 Å². The maximum absolute atomic E-state index is 11.3. The molecular weight excluding hydrogens is 210 g/mol. The highest BCUT2D eigenvalue weighted by atomic mass is 32.2. The summed E-state index contributed by atoms with van der Waals surface area (Å²) in [7, 11) is -2.79. The molecule has 3 nitrogen and oxygen atoms in total. The van der Waals surface area contributed by atoms with Gasteiger partial charge in [0.1, 0.15) is 0 Å². The fraction of sp³-hybridized carbons (Fsp3) is 0.818. The minimum absolute atomic E-state index is 0.202. The summed E-state index contributed by atoms with van der Waals surface area (Å²) in [6.45, 7) is 7.33. The van der Waals surface area contributed by atoms with E-state index in [0.29, 0.717) is 13.1 Å². The summed E-state index contributed by atoms with van der Waals surface area (Å²) in [5.74, 6) is 6.79. The molecule has 0 aromatic rings. The monoisotopic (exact) mass is 229 g/mol. The second kappa shape index (κ2) is 4.54. The summed E-state index contributed by atoms with van der Waals surface area (Å²) in [5, 5.41) is 0. The number of nitrogens with zero attached hydrogens (tertiary/aromatic N) is 1. The van der Waals surface area contributed by atoms with Crippen LogP contribution in [-0.2, 0) is 9.84 Å². The van der Waals surface area contributed by atoms with Gasteiger partial charge >= 0.3 is 0 Å². The van der Waals surface area contributed by atoms with E-state index in [0.717, 1.165) is 6.42 Å². The number of rotatable bonds is 1. The van der Waals surface area contributed by atoms with Gasteiger partial charge in [0.25, 0.3) is 0 Å². The van der Waals surface area contributed by atoms with Crippen LogP contribution in [0.1, 0.15) is 27.2 Å². The first-order valence-corrected chi connectivity index (χ1v) is 7.15. The molecule has 0 atom stereocenters. The van der Waals surface area contributed by atoms with Crippen LogP contribution < -0.4 is 0 Å². The van der Waals surface area contributed by atoms with Crippen LogP contribution in [0.25, 0.3) is 0 Å². The van der Waals surface area contributed by atoms with Gasteiger partial charge in [0.2, 0.25) is 0 Å². The number of hydrogen-bond donors (Lipinski definition) is 0. The fourth-order valence-electron chi connectivity index (χ4n) is 1.66. The zero-order valence-electron chi connectivity index (χ0n) is 9.71. The molecule has 0 bridgehead atoms. The molecule has 0 aromatic carbocycles. The molecule has 86 valence electrons. The van der Waals surface area contributed by atoms with Gasteiger partial charge in [0, 0.05) is 19.5 Å². The third kappa shape index (κ3) is 3.51. The van der Waals surface area contributed by atoms with E-state index < -0.39 is 9.84 Å². The Morgan fingerprint density at radius 2 is 1.80 bits per heavy atom. The molecule has 1 rings (SSSR count). The van der Waals surface area contributed by atoms with Crippen LogP contribution in [0.2, 0.25) is 0 Å². The van der Waals surface area contributed by atoms with Gasteiger partial charge in [-0.25, -0.2) is 8.42 Å². The van der Waals surface area contributed by atoms with Crippen LogP contribution in [0.5, 0.6) is 0 Å². The molecule has 1 aliphatic heterocycles. The third-order valence-corrected chi connectivity index (χ3v) is 4.32. The maximum Gasteiger partial charge on any atom is 0.152 e. The Kier molecular flexibility index (Phi) is 3.80. The van der Waals surface area contributed by atoms with E-state index in [1.54, 1.807) is 0 Å². The summed E-state index contributed by atoms with van der Waals surface area (Å²) in [4.78, 5) is 2.15. The lowest BCUT2D eigenvalue weighted by Gasteiger charge is -2.37. The van der Waals surface area contributed by atoms with E-state index >= 15 is 0 Å². The lowest BCUT2D eigenvalue weighted by molar-refractivity contribution is 0.185. The molecule has 0 aromatic heterocycles. The Labute approximate surface area is 92.8 Å². The largest absolute Gasteiger partial charge is 0.286 e. The molecule has 4 heteroatoms. The Bertz CT molecular complexity index is 359. The van der Waals surface area contributed by atoms with Gasteiger partial charge in [-0.05, 0) is 13.8 Å². The van der Waals surface area contributed by atoms with E-state index in [-0.39, 0.29) is 17.0 Å². The third-order valence-electron chi connectivity index (χ3n) is 2.71. The van der Waals surface area contributed by atoms with Crippen molar-refractivity contribution in [1.29, 1.82) is 0 Å². The SMILES string of the molecule is CCC#CC(C)(C)N1CCS(=O)(=O)CC1. The minimum Gasteiger partial charge on any atom is -0.286 e. The van der Waals surface area contributed by atoms with Crippen LogP contribution >= 0.6 is 0 Å². The van der Waals surface area contributed by atoms with Gasteiger partial charge < -0.3 is 0 Å². The van der Waals surface area contributed by atoms with E-state index in [1.165, 1.54) is 0 Å². The van der Waals surface area contributed by atoms with Crippen molar-refractivity contribution in [2.45, 2.75) is 32.7 Å². The molecule has 1 aliphatic rings. The average molecular weight is 229 g/mol. The quantitative estimate of drug-likeness (QED) is 0.627. The Morgan fingerprint density at radius 1 is 1.27 bits per heavy atom. The number of sulfone groups is 1. The first kappa shape index (κ1) is 12.5. The average Bonchev–Trinajstić information content (AvgIpc) is 2.14. The van der Waals surface area contributed by atoms with Crippen molar-refractivity contribution >= 4 is 9.84 Å². The summed E-state index contributed by atoms with van der Waals surface area (Å²) < 4.78 is 22.5. The van der Waals surface area contributed by atoms with E-state index in [1.807, 2.05) is 20.8 Å². The molecular formula is C11H19NO2S. The van der Waals surface area contributed by atoms with Gasteiger partial charge in [0.05, 0.1) is 17.0 Å². The summed E-state index contributed by atoms with van der Waals surface area (Å²) in [6.07, 6.45) is 0.843. The molecule has 0 aliphatic carbocycles. The van der Waals surface area contributed by atoms with Crippen molar-refractivity contribution in [2.24, 2.45) is 0 Å². The predicted molar refractivity (Wildman–Crippen MR) is 62.4 cm³/mol. The van der Waals surface area contributed by atoms with Gasteiger partial charge in [-0.15, -0.1) is 5.92 Å². The maximum atomic E-state index is 11.3. The minimum atomic E-state index is -2.79. The standard InChI is InChI=1S/C11H19NO2S/c1-4-5-6-11(2,3)12-7-9-15(13,14)10-8-12/h4,7-10H2,1-3H3. The lowest BCUT2D eigenvalue weighted by Crippen LogP contribution is -2.50. The molecule has 1 fully saturated rings. The van der Waals surface area contributed by atoms with Crippen LogP contribution in [0.4, 0.5) is 0 Å². The first-order valence-electron chi connectivity index (χ1n) is 5.33. The highest BCUT2D eigenvalue weighted by Crippen LogP contribution is 2.16. The summed E-state index contributed by atoms with van der Waals surface area (Å²) >= 11 is 0. The van der Waals surface area contributed by atoms with E-state index in [4.69, 9.17) is 0 Å². The zero-order valence-corrected chi connectivity index (χ0v) is 10.5. The molecule has 0 unspecified atom stereocenters. The van der Waals surface area contributed by atoms with Gasteiger partial charge in [0.15, 0.2) is 9.84 Å². The van der Waals surface area contributed by atoms with Crippen molar-refractivity contribution in [3.63, 3.8) is 0 Å². The molecule has 1 saturated heterocycles. The molecule has 0 amide bonds. The van der Waals surface area contributed by atoms with Crippen molar-refractivity contribution in [2.75, 3.05) is 24.6 Å². The topological polar surface area (TPSA) is 37.4 Å². The second-order valence-corrected chi connectivity index (χ2v) is 6.66. The predicted octanol–water partition coefficient (Wildman–Crippen LogP) is 0.909. The molecule has 0 N–H and O–H groups in total. The Morgan fingerprint density at radius 3 is 2.27 bits per heavy atom. The molecule has 0 spiro atoms. The van der Waals surface area contributed by atoms with Crippen molar-refractivity contribution in [3.05, 3.63) is 0 Å². The molecule has 1 heterocycles. The lowest BCUT2D eigenvalue weighted by atomic mass is 10.0. The first-order chi connectivity index (χ1) is 6.87. The van der Waals surface area contributed by atoms with Crippen LogP contribution in [0.15, 0.2) is 0 Å². The van der Waals surface area contributed by atoms with Crippen molar-refractivity contribution < 1.29 is 8.42 Å². The Balaban J connectivity index is 2.67. The van der Waals surface area contributed by atoms with E-state index in [2.05, 4.69) is 16.7 Å². The normalized spacial score (nSPS) is 21.8. The van der Waals surface area contributed by atoms with Crippen LogP contribution in [-0.4, -0.2) is 43.5 Å². The highest BCUT2D eigenvalue weighted by molar-refractivity contribution is 7.91. The van der Waals surface area contributed by atoms with Crippen molar-refractivity contribution in [3.8, 4) is 11.8 Å². The van der Waals surface area contributed by atoms with Gasteiger partial charge in [-0.3, -0.25) is 4.90 Å². The molecule has 15 heavy (non-hydrogen) atoms. The molecule has 0 radical (unpaired) electrons. The smallest absolute Gasteiger partial charge is 0.152 e. The second-order valence-electron chi connectivity index (χ2n) is 4.35. The Hall–Kier alpha value is -0.530. The summed E-state index contributed by atoms with van der Waals surface area (Å²) in [5.41, 5.74) is -0.202. The fourth-order valence-corrected chi connectivity index (χ4v) is 2.86. The number of hydrogen-bond acceptors (Lipinski definition) is 3. The van der Waals surface area contributed by atoms with Crippen LogP contribution in [0, 0.1) is 11.8 Å². The van der Waals surface area contributed by atoms with E-state index in [9.17, 15) is 8.42 Å². The molecule has 0 saturated carbocycles. The highest BCUT2D eigenvalue weighted by Gasteiger charge is 2.30. The summed E-state index contributed by atoms with van der Waals surface area (Å²) in [6, 6.07) is 0. The van der Waals surface area contributed by atoms with Gasteiger partial charge in [-0.2, -0.15) is 0 Å². The zero-order chi connectivity index (χ0) is 11.5.